The lowest BCUT2D eigenvalue weighted by atomic mass is 9.88. The van der Waals surface area contributed by atoms with Gasteiger partial charge in [0.25, 0.3) is 5.82 Å². The minimum Gasteiger partial charge on any atom is -0.494 e. The van der Waals surface area contributed by atoms with Crippen LogP contribution in [0.1, 0.15) is 6.42 Å². The molecule has 5 rings (SSSR count). The number of hydrogen-bond acceptors (Lipinski definition) is 9. The smallest absolute Gasteiger partial charge is 0.271 e. The molecule has 0 radical (unpaired) electrons. The van der Waals surface area contributed by atoms with Gasteiger partial charge in [-0.05, 0) is 18.2 Å². The molecule has 2 saturated heterocycles. The second kappa shape index (κ2) is 9.21. The zero-order valence-electron chi connectivity index (χ0n) is 19.6. The fourth-order valence-corrected chi connectivity index (χ4v) is 4.65. The Morgan fingerprint density at radius 1 is 1.20 bits per heavy atom. The number of pyridine rings is 1. The highest BCUT2D eigenvalue weighted by Crippen LogP contribution is 2.37. The van der Waals surface area contributed by atoms with Crippen molar-refractivity contribution in [1.29, 1.82) is 0 Å². The number of para-hydroxylation sites is 1. The monoisotopic (exact) mass is 474 g/mol. The van der Waals surface area contributed by atoms with Crippen LogP contribution in [0, 0.1) is 12.5 Å². The van der Waals surface area contributed by atoms with Gasteiger partial charge in [0.15, 0.2) is 11.6 Å². The van der Waals surface area contributed by atoms with Crippen molar-refractivity contribution in [2.45, 2.75) is 24.8 Å². The third-order valence-electron chi connectivity index (χ3n) is 6.18. The highest BCUT2D eigenvalue weighted by molar-refractivity contribution is 5.83. The molecule has 180 valence electrons. The van der Waals surface area contributed by atoms with Crippen LogP contribution in [0.5, 0.6) is 5.75 Å². The molecule has 3 aromatic rings. The van der Waals surface area contributed by atoms with Crippen LogP contribution in [0.4, 0.5) is 17.3 Å². The fourth-order valence-electron chi connectivity index (χ4n) is 4.65. The molecule has 0 bridgehead atoms. The van der Waals surface area contributed by atoms with E-state index in [-0.39, 0.29) is 30.2 Å². The molecule has 4 unspecified atom stereocenters. The van der Waals surface area contributed by atoms with E-state index in [1.807, 2.05) is 31.3 Å². The first-order chi connectivity index (χ1) is 17.0. The van der Waals surface area contributed by atoms with Crippen molar-refractivity contribution < 1.29 is 9.53 Å². The van der Waals surface area contributed by atoms with Gasteiger partial charge in [0.1, 0.15) is 6.33 Å². The third-order valence-corrected chi connectivity index (χ3v) is 6.18. The number of nitrogens with zero attached hydrogens (tertiary/aromatic N) is 6. The van der Waals surface area contributed by atoms with Crippen molar-refractivity contribution in [3.8, 4) is 17.1 Å². The number of aryl methyl sites for hydroxylation is 1. The fraction of sp³-hybridized carbons (Fsp3) is 0.348. The van der Waals surface area contributed by atoms with E-state index >= 15 is 0 Å². The first-order valence-corrected chi connectivity index (χ1v) is 11.2. The number of hydrazine groups is 1. The van der Waals surface area contributed by atoms with Crippen LogP contribution in [-0.2, 0) is 11.8 Å². The Bertz CT molecular complexity index is 1290. The standard InChI is InChI=1S/C23H26N10O2/c1-24-16-9-6-10-17(27-16)28-18-11-15(19-22(29-18)31-33(3)23(19)34)26-14-8-5-7-13(20(14)35-4)21-25-12-32(2)30-21/h5-10,12,15,18-19,22,26,29,31H,11H2,2-4H3,(H,27,28). The molecular formula is C23H26N10O2. The third kappa shape index (κ3) is 4.34. The lowest BCUT2D eigenvalue weighted by Crippen LogP contribution is -2.60. The van der Waals surface area contributed by atoms with Crippen molar-refractivity contribution in [3.63, 3.8) is 0 Å². The molecule has 2 fully saturated rings. The highest BCUT2D eigenvalue weighted by Gasteiger charge is 2.48. The van der Waals surface area contributed by atoms with Crippen LogP contribution in [-0.4, -0.2) is 63.2 Å². The van der Waals surface area contributed by atoms with Crippen molar-refractivity contribution in [3.05, 3.63) is 54.1 Å². The first-order valence-electron chi connectivity index (χ1n) is 11.2. The predicted molar refractivity (Wildman–Crippen MR) is 129 cm³/mol. The number of hydrogen-bond donors (Lipinski definition) is 4. The Hall–Kier alpha value is -4.21. The number of ether oxygens (including phenoxy) is 1. The van der Waals surface area contributed by atoms with E-state index in [9.17, 15) is 4.79 Å². The summed E-state index contributed by atoms with van der Waals surface area (Å²) < 4.78 is 7.39. The first kappa shape index (κ1) is 22.6. The van der Waals surface area contributed by atoms with Gasteiger partial charge in [-0.2, -0.15) is 5.10 Å². The number of methoxy groups -OCH3 is 1. The van der Waals surface area contributed by atoms with E-state index in [1.165, 1.54) is 5.01 Å². The van der Waals surface area contributed by atoms with Crippen LogP contribution in [0.3, 0.4) is 0 Å². The van der Waals surface area contributed by atoms with Gasteiger partial charge in [-0.1, -0.05) is 18.7 Å². The number of benzene rings is 1. The summed E-state index contributed by atoms with van der Waals surface area (Å²) in [6.07, 6.45) is 1.72. The minimum absolute atomic E-state index is 0.00640. The summed E-state index contributed by atoms with van der Waals surface area (Å²) in [6, 6.07) is 10.8. The number of carbonyl (C=O) groups is 1. The molecule has 2 aliphatic heterocycles. The van der Waals surface area contributed by atoms with E-state index in [0.29, 0.717) is 29.6 Å². The average Bonchev–Trinajstić information content (AvgIpc) is 3.41. The molecule has 12 heteroatoms. The van der Waals surface area contributed by atoms with Crippen molar-refractivity contribution in [2.75, 3.05) is 24.8 Å². The van der Waals surface area contributed by atoms with Crippen molar-refractivity contribution in [2.24, 2.45) is 13.0 Å². The maximum absolute atomic E-state index is 13.0. The molecular weight excluding hydrogens is 448 g/mol. The van der Waals surface area contributed by atoms with Gasteiger partial charge >= 0.3 is 0 Å². The molecule has 12 nitrogen and oxygen atoms in total. The topological polar surface area (TPSA) is 126 Å². The zero-order valence-corrected chi connectivity index (χ0v) is 19.6. The van der Waals surface area contributed by atoms with Crippen LogP contribution >= 0.6 is 0 Å². The van der Waals surface area contributed by atoms with Crippen LogP contribution in [0.25, 0.3) is 16.2 Å². The van der Waals surface area contributed by atoms with Gasteiger partial charge in [0.05, 0.1) is 36.6 Å². The van der Waals surface area contributed by atoms with E-state index in [0.717, 1.165) is 11.3 Å². The Labute approximate surface area is 202 Å². The van der Waals surface area contributed by atoms with Gasteiger partial charge in [-0.15, -0.1) is 4.98 Å². The quantitative estimate of drug-likeness (QED) is 0.394. The van der Waals surface area contributed by atoms with Crippen molar-refractivity contribution >= 4 is 23.2 Å². The largest absolute Gasteiger partial charge is 0.494 e. The molecule has 0 aliphatic carbocycles. The van der Waals surface area contributed by atoms with Gasteiger partial charge in [0, 0.05) is 32.6 Å². The molecule has 1 aromatic carbocycles. The van der Waals surface area contributed by atoms with E-state index in [1.54, 1.807) is 37.3 Å². The van der Waals surface area contributed by atoms with E-state index in [4.69, 9.17) is 11.3 Å². The lowest BCUT2D eigenvalue weighted by molar-refractivity contribution is -0.131. The highest BCUT2D eigenvalue weighted by atomic mass is 16.5. The maximum Gasteiger partial charge on any atom is 0.271 e. The number of nitrogens with one attached hydrogen (secondary N) is 4. The molecule has 1 amide bonds. The Balaban J connectivity index is 1.44. The summed E-state index contributed by atoms with van der Waals surface area (Å²) in [5.41, 5.74) is 4.70. The zero-order chi connectivity index (χ0) is 24.5. The van der Waals surface area contributed by atoms with Gasteiger partial charge in [-0.25, -0.2) is 10.4 Å². The maximum atomic E-state index is 13.0. The molecule has 0 spiro atoms. The van der Waals surface area contributed by atoms with Gasteiger partial charge < -0.3 is 20.2 Å². The number of amides is 1. The van der Waals surface area contributed by atoms with E-state index < -0.39 is 0 Å². The Morgan fingerprint density at radius 2 is 2.03 bits per heavy atom. The summed E-state index contributed by atoms with van der Waals surface area (Å²) in [5, 5.41) is 16.3. The molecule has 4 N–H and O–H groups in total. The van der Waals surface area contributed by atoms with Crippen LogP contribution in [0.15, 0.2) is 42.7 Å². The van der Waals surface area contributed by atoms with E-state index in [2.05, 4.69) is 41.3 Å². The number of carbonyl (C=O) groups excluding carboxylic acids is 1. The number of anilines is 2. The number of fused-ring (bicyclic) bond motifs is 1. The number of aromatic nitrogens is 4. The average molecular weight is 475 g/mol. The molecule has 4 atom stereocenters. The predicted octanol–water partition coefficient (Wildman–Crippen LogP) is 1.57. The van der Waals surface area contributed by atoms with Gasteiger partial charge in [0.2, 0.25) is 11.7 Å². The molecule has 35 heavy (non-hydrogen) atoms. The van der Waals surface area contributed by atoms with Crippen molar-refractivity contribution in [1.82, 2.24) is 35.5 Å². The summed E-state index contributed by atoms with van der Waals surface area (Å²) in [4.78, 5) is 25.1. The van der Waals surface area contributed by atoms with Gasteiger partial charge in [-0.3, -0.25) is 19.8 Å². The lowest BCUT2D eigenvalue weighted by Gasteiger charge is -2.38. The summed E-state index contributed by atoms with van der Waals surface area (Å²) in [7, 11) is 5.14. The second-order valence-corrected chi connectivity index (χ2v) is 8.50. The molecule has 0 saturated carbocycles. The summed E-state index contributed by atoms with van der Waals surface area (Å²) in [6.45, 7) is 7.21. The number of piperidine rings is 1. The normalized spacial score (nSPS) is 23.5. The number of rotatable bonds is 6. The minimum atomic E-state index is -0.345. The summed E-state index contributed by atoms with van der Waals surface area (Å²) in [5.74, 6) is 1.72. The van der Waals surface area contributed by atoms with Crippen LogP contribution < -0.4 is 26.1 Å². The molecule has 4 heterocycles. The second-order valence-electron chi connectivity index (χ2n) is 8.50. The Kier molecular flexibility index (Phi) is 5.94. The van der Waals surface area contributed by atoms with Crippen LogP contribution in [0.2, 0.25) is 0 Å². The Morgan fingerprint density at radius 3 is 2.77 bits per heavy atom. The SMILES string of the molecule is [C-]#[N+]c1cccc(NC2CC(Nc3cccc(-c4ncn(C)n4)c3OC)C3C(=O)N(C)NC3N2)n1. The summed E-state index contributed by atoms with van der Waals surface area (Å²) >= 11 is 0. The molecule has 2 aliphatic rings. The molecule has 2 aromatic heterocycles.